The van der Waals surface area contributed by atoms with Gasteiger partial charge in [-0.05, 0) is 71.8 Å². The molecule has 2 atom stereocenters. The van der Waals surface area contributed by atoms with Crippen molar-refractivity contribution in [2.24, 2.45) is 0 Å². The van der Waals surface area contributed by atoms with Crippen molar-refractivity contribution in [3.8, 4) is 0 Å². The van der Waals surface area contributed by atoms with Gasteiger partial charge < -0.3 is 10.6 Å². The highest BCUT2D eigenvalue weighted by Gasteiger charge is 2.27. The number of hydrogen-bond acceptors (Lipinski definition) is 4. The predicted molar refractivity (Wildman–Crippen MR) is 160 cm³/mol. The molecule has 3 N–H and O–H groups in total. The molecule has 0 fully saturated rings. The lowest BCUT2D eigenvalue weighted by Gasteiger charge is -2.28. The number of carbonyl (C=O) groups is 1. The molecule has 1 amide bonds. The van der Waals surface area contributed by atoms with E-state index in [1.54, 1.807) is 6.07 Å². The number of nitrogens with one attached hydrogen (secondary N) is 3. The van der Waals surface area contributed by atoms with E-state index in [1.165, 1.54) is 47.5 Å². The quantitative estimate of drug-likeness (QED) is 0.235. The topological polar surface area (TPSA) is 87.3 Å². The lowest BCUT2D eigenvalue weighted by Crippen LogP contribution is -2.36. The fraction of sp³-hybridized carbons (Fsp3) is 0.367. The van der Waals surface area contributed by atoms with E-state index in [9.17, 15) is 17.6 Å². The van der Waals surface area contributed by atoms with Gasteiger partial charge >= 0.3 is 0 Å². The van der Waals surface area contributed by atoms with Crippen molar-refractivity contribution in [3.05, 3.63) is 98.8 Å². The van der Waals surface area contributed by atoms with Crippen LogP contribution < -0.4 is 15.4 Å². The minimum Gasteiger partial charge on any atom is -0.349 e. The number of benzene rings is 3. The van der Waals surface area contributed by atoms with Crippen LogP contribution >= 0.6 is 23.2 Å². The standard InChI is InChI=1S/C29H32Cl2FN3O3S.CH4/c1-18(2)33-17-19-9-11-24-20(13-19)5-4-8-27(24)34-29(36)16-28(21-6-3-7-22(32)14-21)35-39(37,38)23-10-12-25(30)26(31)15-23;/h3,6-7,9-15,18,27-28,33,35H,4-5,8,16-17H2,1-2H3,(H,34,36);1H4/t27-,28-;/m1./s1. The molecule has 0 bridgehead atoms. The number of hydrogen-bond donors (Lipinski definition) is 3. The Kier molecular flexibility index (Phi) is 11.1. The summed E-state index contributed by atoms with van der Waals surface area (Å²) < 4.78 is 43.0. The average molecular weight is 609 g/mol. The zero-order valence-corrected chi connectivity index (χ0v) is 24.1. The molecule has 0 saturated carbocycles. The van der Waals surface area contributed by atoms with Crippen molar-refractivity contribution < 1.29 is 17.6 Å². The molecule has 0 aliphatic heterocycles. The summed E-state index contributed by atoms with van der Waals surface area (Å²) in [5.41, 5.74) is 3.80. The molecule has 0 saturated heterocycles. The highest BCUT2D eigenvalue weighted by molar-refractivity contribution is 7.89. The maximum Gasteiger partial charge on any atom is 0.241 e. The van der Waals surface area contributed by atoms with Gasteiger partial charge in [0, 0.05) is 19.0 Å². The van der Waals surface area contributed by atoms with Crippen molar-refractivity contribution in [1.29, 1.82) is 0 Å². The first kappa shape index (κ1) is 32.0. The molecule has 40 heavy (non-hydrogen) atoms. The van der Waals surface area contributed by atoms with Gasteiger partial charge in [-0.3, -0.25) is 4.79 Å². The van der Waals surface area contributed by atoms with Crippen LogP contribution in [0, 0.1) is 5.82 Å². The van der Waals surface area contributed by atoms with Crippen molar-refractivity contribution >= 4 is 39.1 Å². The van der Waals surface area contributed by atoms with E-state index < -0.39 is 21.9 Å². The van der Waals surface area contributed by atoms with Gasteiger partial charge in [0.2, 0.25) is 15.9 Å². The molecule has 1 aliphatic rings. The third kappa shape index (κ3) is 8.27. The van der Waals surface area contributed by atoms with Crippen LogP contribution in [0.15, 0.2) is 65.6 Å². The second-order valence-electron chi connectivity index (χ2n) is 10.1. The van der Waals surface area contributed by atoms with E-state index in [0.717, 1.165) is 31.4 Å². The molecular formula is C30H36Cl2FN3O3S. The number of fused-ring (bicyclic) bond motifs is 1. The molecule has 4 rings (SSSR count). The van der Waals surface area contributed by atoms with Crippen LogP contribution in [0.3, 0.4) is 0 Å². The Labute approximate surface area is 246 Å². The van der Waals surface area contributed by atoms with Crippen LogP contribution in [0.5, 0.6) is 0 Å². The van der Waals surface area contributed by atoms with Crippen molar-refractivity contribution in [1.82, 2.24) is 15.4 Å². The van der Waals surface area contributed by atoms with E-state index in [4.69, 9.17) is 23.2 Å². The van der Waals surface area contributed by atoms with E-state index in [-0.39, 0.29) is 40.7 Å². The molecule has 1 aliphatic carbocycles. The second kappa shape index (κ2) is 13.9. The van der Waals surface area contributed by atoms with E-state index in [1.807, 2.05) is 0 Å². The first-order valence-electron chi connectivity index (χ1n) is 12.9. The molecule has 0 unspecified atom stereocenters. The van der Waals surface area contributed by atoms with Crippen LogP contribution in [0.2, 0.25) is 10.0 Å². The number of aryl methyl sites for hydroxylation is 1. The highest BCUT2D eigenvalue weighted by Crippen LogP contribution is 2.32. The first-order valence-corrected chi connectivity index (χ1v) is 15.1. The van der Waals surface area contributed by atoms with Crippen LogP contribution in [-0.2, 0) is 27.8 Å². The molecule has 0 heterocycles. The predicted octanol–water partition coefficient (Wildman–Crippen LogP) is 6.87. The molecule has 0 aromatic heterocycles. The SMILES string of the molecule is C.CC(C)NCc1ccc2c(c1)CCC[C@H]2NC(=O)C[C@@H](NS(=O)(=O)c1ccc(Cl)c(Cl)c1)c1cccc(F)c1. The van der Waals surface area contributed by atoms with Gasteiger partial charge in [-0.25, -0.2) is 17.5 Å². The third-order valence-electron chi connectivity index (χ3n) is 6.71. The zero-order chi connectivity index (χ0) is 28.2. The monoisotopic (exact) mass is 607 g/mol. The largest absolute Gasteiger partial charge is 0.349 e. The van der Waals surface area contributed by atoms with Gasteiger partial charge in [-0.1, -0.05) is 74.8 Å². The number of halogens is 3. The average Bonchev–Trinajstić information content (AvgIpc) is 2.88. The van der Waals surface area contributed by atoms with E-state index in [0.29, 0.717) is 11.6 Å². The van der Waals surface area contributed by atoms with Gasteiger partial charge in [-0.2, -0.15) is 0 Å². The summed E-state index contributed by atoms with van der Waals surface area (Å²) in [4.78, 5) is 13.2. The summed E-state index contributed by atoms with van der Waals surface area (Å²) in [6.45, 7) is 4.98. The van der Waals surface area contributed by atoms with Gasteiger partial charge in [0.1, 0.15) is 5.82 Å². The number of carbonyl (C=O) groups excluding carboxylic acids is 1. The van der Waals surface area contributed by atoms with Gasteiger partial charge in [-0.15, -0.1) is 0 Å². The Morgan fingerprint density at radius 2 is 1.82 bits per heavy atom. The summed E-state index contributed by atoms with van der Waals surface area (Å²) in [7, 11) is -4.11. The smallest absolute Gasteiger partial charge is 0.241 e. The fourth-order valence-electron chi connectivity index (χ4n) is 4.74. The molecule has 6 nitrogen and oxygen atoms in total. The summed E-state index contributed by atoms with van der Waals surface area (Å²) in [5, 5.41) is 6.80. The Balaban J connectivity index is 0.00000441. The Hall–Kier alpha value is -2.49. The van der Waals surface area contributed by atoms with Crippen molar-refractivity contribution in [3.63, 3.8) is 0 Å². The second-order valence-corrected chi connectivity index (χ2v) is 12.6. The minimum atomic E-state index is -4.11. The minimum absolute atomic E-state index is 0. The van der Waals surface area contributed by atoms with Crippen LogP contribution in [0.1, 0.15) is 74.9 Å². The molecule has 0 radical (unpaired) electrons. The normalized spacial score (nSPS) is 15.7. The molecule has 10 heteroatoms. The van der Waals surface area contributed by atoms with Gasteiger partial charge in [0.15, 0.2) is 0 Å². The maximum atomic E-state index is 14.1. The van der Waals surface area contributed by atoms with Crippen LogP contribution in [0.25, 0.3) is 0 Å². The first-order chi connectivity index (χ1) is 18.5. The molecule has 216 valence electrons. The Morgan fingerprint density at radius 3 is 2.52 bits per heavy atom. The zero-order valence-electron chi connectivity index (χ0n) is 21.8. The van der Waals surface area contributed by atoms with Crippen molar-refractivity contribution in [2.75, 3.05) is 0 Å². The highest BCUT2D eigenvalue weighted by atomic mass is 35.5. The summed E-state index contributed by atoms with van der Waals surface area (Å²) in [6, 6.07) is 15.0. The summed E-state index contributed by atoms with van der Waals surface area (Å²) in [6.07, 6.45) is 2.43. The van der Waals surface area contributed by atoms with Gasteiger partial charge in [0.25, 0.3) is 0 Å². The Bertz CT molecular complexity index is 1450. The lowest BCUT2D eigenvalue weighted by molar-refractivity contribution is -0.122. The lowest BCUT2D eigenvalue weighted by atomic mass is 9.86. The number of sulfonamides is 1. The van der Waals surface area contributed by atoms with E-state index in [2.05, 4.69) is 47.4 Å². The fourth-order valence-corrected chi connectivity index (χ4v) is 6.35. The summed E-state index contributed by atoms with van der Waals surface area (Å²) >= 11 is 12.0. The molecular weight excluding hydrogens is 572 g/mol. The van der Waals surface area contributed by atoms with E-state index >= 15 is 0 Å². The third-order valence-corrected chi connectivity index (χ3v) is 8.92. The van der Waals surface area contributed by atoms with Crippen LogP contribution in [-0.4, -0.2) is 20.4 Å². The number of rotatable bonds is 10. The molecule has 0 spiro atoms. The van der Waals surface area contributed by atoms with Gasteiger partial charge in [0.05, 0.1) is 27.0 Å². The van der Waals surface area contributed by atoms with Crippen molar-refractivity contribution in [2.45, 2.75) is 76.5 Å². The van der Waals surface area contributed by atoms with Crippen LogP contribution in [0.4, 0.5) is 4.39 Å². The number of amides is 1. The maximum absolute atomic E-state index is 14.1. The Morgan fingerprint density at radius 1 is 1.05 bits per heavy atom. The molecule has 3 aromatic rings. The molecule has 3 aromatic carbocycles. The summed E-state index contributed by atoms with van der Waals surface area (Å²) in [5.74, 6) is -0.875.